The zero-order valence-electron chi connectivity index (χ0n) is 12.9. The number of carbonyl (C=O) groups is 1. The van der Waals surface area contributed by atoms with Gasteiger partial charge in [0.05, 0.1) is 18.4 Å². The van der Waals surface area contributed by atoms with Crippen LogP contribution in [-0.2, 0) is 6.54 Å². The summed E-state index contributed by atoms with van der Waals surface area (Å²) in [4.78, 5) is 25.2. The lowest BCUT2D eigenvalue weighted by atomic mass is 10.4. The second-order valence-electron chi connectivity index (χ2n) is 4.89. The first kappa shape index (κ1) is 18.9. The molecule has 2 heterocycles. The molecule has 2 aromatic rings. The van der Waals surface area contributed by atoms with Crippen molar-refractivity contribution in [1.82, 2.24) is 19.9 Å². The Morgan fingerprint density at radius 3 is 2.72 bits per heavy atom. The maximum Gasteiger partial charge on any atom is 0.422 e. The maximum absolute atomic E-state index is 12.3. The molecule has 0 aliphatic heterocycles. The molecule has 0 aromatic carbocycles. The van der Waals surface area contributed by atoms with Gasteiger partial charge in [-0.15, -0.1) is 0 Å². The van der Waals surface area contributed by atoms with Crippen molar-refractivity contribution in [2.24, 2.45) is 0 Å². The lowest BCUT2D eigenvalue weighted by molar-refractivity contribution is -0.153. The van der Waals surface area contributed by atoms with Crippen LogP contribution in [0.1, 0.15) is 5.69 Å². The predicted octanol–water partition coefficient (Wildman–Crippen LogP) is 3.24. The molecular weight excluding hydrogens is 407 g/mol. The van der Waals surface area contributed by atoms with Crippen LogP contribution < -0.4 is 10.1 Å². The van der Waals surface area contributed by atoms with Gasteiger partial charge in [0.25, 0.3) is 0 Å². The predicted molar refractivity (Wildman–Crippen MR) is 86.0 cm³/mol. The number of aromatic nitrogens is 3. The minimum absolute atomic E-state index is 0.00891. The van der Waals surface area contributed by atoms with Gasteiger partial charge in [-0.25, -0.2) is 9.78 Å². The van der Waals surface area contributed by atoms with Crippen molar-refractivity contribution in [2.45, 2.75) is 12.7 Å². The van der Waals surface area contributed by atoms with Crippen molar-refractivity contribution in [1.29, 1.82) is 0 Å². The summed E-state index contributed by atoms with van der Waals surface area (Å²) in [5.74, 6) is -0.332. The smallest absolute Gasteiger partial charge is 0.422 e. The van der Waals surface area contributed by atoms with Gasteiger partial charge in [-0.3, -0.25) is 9.97 Å². The molecule has 2 aromatic heterocycles. The zero-order chi connectivity index (χ0) is 18.4. The maximum atomic E-state index is 12.3. The average Bonchev–Trinajstić information content (AvgIpc) is 2.54. The van der Waals surface area contributed by atoms with Crippen molar-refractivity contribution < 1.29 is 22.7 Å². The van der Waals surface area contributed by atoms with E-state index < -0.39 is 18.8 Å². The van der Waals surface area contributed by atoms with Crippen LogP contribution >= 0.6 is 15.9 Å². The molecular formula is C14H13BrF3N5O2. The first-order valence-electron chi connectivity index (χ1n) is 6.87. The van der Waals surface area contributed by atoms with Crippen LogP contribution in [0.25, 0.3) is 0 Å². The topological polar surface area (TPSA) is 80.2 Å². The molecule has 0 saturated carbocycles. The van der Waals surface area contributed by atoms with E-state index in [1.54, 1.807) is 0 Å². The number of hydrogen-bond donors (Lipinski definition) is 1. The highest BCUT2D eigenvalue weighted by Gasteiger charge is 2.29. The van der Waals surface area contributed by atoms with E-state index >= 15 is 0 Å². The van der Waals surface area contributed by atoms with Gasteiger partial charge in [0.2, 0.25) is 5.88 Å². The molecule has 0 radical (unpaired) electrons. The third kappa shape index (κ3) is 6.18. The molecule has 0 unspecified atom stereocenters. The Kier molecular flexibility index (Phi) is 6.12. The van der Waals surface area contributed by atoms with Crippen molar-refractivity contribution in [3.8, 4) is 5.88 Å². The Hall–Kier alpha value is -2.43. The largest absolute Gasteiger partial charge is 0.467 e. The van der Waals surface area contributed by atoms with Gasteiger partial charge in [-0.1, -0.05) is 0 Å². The van der Waals surface area contributed by atoms with Crippen molar-refractivity contribution in [2.75, 3.05) is 19.0 Å². The molecule has 0 saturated heterocycles. The van der Waals surface area contributed by atoms with E-state index in [2.05, 4.69) is 40.9 Å². The van der Waals surface area contributed by atoms with Crippen LogP contribution in [0.5, 0.6) is 5.88 Å². The molecule has 1 N–H and O–H groups in total. The van der Waals surface area contributed by atoms with Crippen LogP contribution in [0.15, 0.2) is 35.3 Å². The van der Waals surface area contributed by atoms with E-state index in [1.807, 2.05) is 0 Å². The highest BCUT2D eigenvalue weighted by Crippen LogP contribution is 2.27. The molecule has 0 atom stereocenters. The summed E-state index contributed by atoms with van der Waals surface area (Å²) >= 11 is 3.14. The van der Waals surface area contributed by atoms with Crippen LogP contribution in [-0.4, -0.2) is 45.7 Å². The minimum atomic E-state index is -4.52. The number of pyridine rings is 1. The van der Waals surface area contributed by atoms with Gasteiger partial charge < -0.3 is 15.0 Å². The van der Waals surface area contributed by atoms with E-state index in [9.17, 15) is 18.0 Å². The Morgan fingerprint density at radius 1 is 1.32 bits per heavy atom. The third-order valence-electron chi connectivity index (χ3n) is 2.79. The number of halogens is 4. The molecule has 0 aliphatic carbocycles. The minimum Gasteiger partial charge on any atom is -0.467 e. The number of urea groups is 1. The number of alkyl halides is 3. The molecule has 7 nitrogen and oxygen atoms in total. The first-order valence-corrected chi connectivity index (χ1v) is 7.66. The van der Waals surface area contributed by atoms with Gasteiger partial charge in [-0.05, 0) is 22.0 Å². The molecule has 11 heteroatoms. The summed E-state index contributed by atoms with van der Waals surface area (Å²) in [7, 11) is 1.51. The first-order chi connectivity index (χ1) is 11.7. The normalized spacial score (nSPS) is 11.1. The van der Waals surface area contributed by atoms with Crippen LogP contribution in [0.2, 0.25) is 0 Å². The van der Waals surface area contributed by atoms with E-state index in [0.29, 0.717) is 10.2 Å². The number of ether oxygens (including phenoxy) is 1. The molecule has 0 bridgehead atoms. The molecule has 0 spiro atoms. The zero-order valence-corrected chi connectivity index (χ0v) is 14.5. The van der Waals surface area contributed by atoms with Crippen molar-refractivity contribution in [3.05, 3.63) is 41.0 Å². The van der Waals surface area contributed by atoms with Crippen LogP contribution in [0, 0.1) is 0 Å². The quantitative estimate of drug-likeness (QED) is 0.804. The van der Waals surface area contributed by atoms with Gasteiger partial charge in [0.15, 0.2) is 6.61 Å². The Labute approximate surface area is 149 Å². The summed E-state index contributed by atoms with van der Waals surface area (Å²) < 4.78 is 42.1. The standard InChI is InChI=1S/C14H13BrF3N5O2/c1-23(7-10-6-19-2-3-20-10)13(24)22-11-4-9(15)5-21-12(11)25-8-14(16,17)18/h2-6H,7-8H2,1H3,(H,22,24). The third-order valence-corrected chi connectivity index (χ3v) is 3.23. The summed E-state index contributed by atoms with van der Waals surface area (Å²) in [5.41, 5.74) is 0.565. The highest BCUT2D eigenvalue weighted by atomic mass is 79.9. The molecule has 134 valence electrons. The van der Waals surface area contributed by atoms with E-state index in [-0.39, 0.29) is 18.1 Å². The number of nitrogens with one attached hydrogen (secondary N) is 1. The number of hydrogen-bond acceptors (Lipinski definition) is 5. The number of anilines is 1. The fourth-order valence-electron chi connectivity index (χ4n) is 1.72. The molecule has 25 heavy (non-hydrogen) atoms. The summed E-state index contributed by atoms with van der Waals surface area (Å²) in [6.07, 6.45) is 1.25. The Balaban J connectivity index is 2.07. The average molecular weight is 420 g/mol. The number of amides is 2. The van der Waals surface area contributed by atoms with E-state index in [0.717, 1.165) is 0 Å². The SMILES string of the molecule is CN(Cc1cnccn1)C(=O)Nc1cc(Br)cnc1OCC(F)(F)F. The molecule has 0 aliphatic rings. The number of nitrogens with zero attached hydrogens (tertiary/aromatic N) is 4. The second-order valence-corrected chi connectivity index (χ2v) is 5.81. The fraction of sp³-hybridized carbons (Fsp3) is 0.286. The lowest BCUT2D eigenvalue weighted by Crippen LogP contribution is -2.31. The number of carbonyl (C=O) groups excluding carboxylic acids is 1. The second kappa shape index (κ2) is 8.10. The monoisotopic (exact) mass is 419 g/mol. The lowest BCUT2D eigenvalue weighted by Gasteiger charge is -2.19. The van der Waals surface area contributed by atoms with Gasteiger partial charge in [-0.2, -0.15) is 13.2 Å². The number of rotatable bonds is 5. The molecule has 2 rings (SSSR count). The van der Waals surface area contributed by atoms with E-state index in [1.165, 1.54) is 42.8 Å². The van der Waals surface area contributed by atoms with Gasteiger partial charge in [0, 0.05) is 30.1 Å². The van der Waals surface area contributed by atoms with Gasteiger partial charge >= 0.3 is 12.2 Å². The van der Waals surface area contributed by atoms with Crippen molar-refractivity contribution >= 4 is 27.6 Å². The van der Waals surface area contributed by atoms with Crippen molar-refractivity contribution in [3.63, 3.8) is 0 Å². The summed E-state index contributed by atoms with van der Waals surface area (Å²) in [6.45, 7) is -1.35. The van der Waals surface area contributed by atoms with Crippen LogP contribution in [0.3, 0.4) is 0 Å². The van der Waals surface area contributed by atoms with Gasteiger partial charge in [0.1, 0.15) is 5.69 Å². The Bertz CT molecular complexity index is 730. The summed E-state index contributed by atoms with van der Waals surface area (Å²) in [6, 6.07) is 0.828. The molecule has 0 fully saturated rings. The molecule has 2 amide bonds. The summed E-state index contributed by atoms with van der Waals surface area (Å²) in [5, 5.41) is 2.46. The van der Waals surface area contributed by atoms with E-state index in [4.69, 9.17) is 0 Å². The highest BCUT2D eigenvalue weighted by molar-refractivity contribution is 9.10. The Morgan fingerprint density at radius 2 is 2.08 bits per heavy atom. The fourth-order valence-corrected chi connectivity index (χ4v) is 2.05. The van der Waals surface area contributed by atoms with Crippen LogP contribution in [0.4, 0.5) is 23.7 Å².